The van der Waals surface area contributed by atoms with Crippen molar-refractivity contribution in [2.45, 2.75) is 24.6 Å². The molecule has 0 aliphatic carbocycles. The van der Waals surface area contributed by atoms with Crippen molar-refractivity contribution in [2.75, 3.05) is 39.8 Å². The second kappa shape index (κ2) is 8.57. The second-order valence-electron chi connectivity index (χ2n) is 9.29. The predicted molar refractivity (Wildman–Crippen MR) is 122 cm³/mol. The lowest BCUT2D eigenvalue weighted by atomic mass is 9.90. The van der Waals surface area contributed by atoms with Crippen molar-refractivity contribution in [1.82, 2.24) is 24.9 Å². The van der Waals surface area contributed by atoms with Gasteiger partial charge in [-0.15, -0.1) is 0 Å². The lowest BCUT2D eigenvalue weighted by Crippen LogP contribution is -2.49. The van der Waals surface area contributed by atoms with Crippen molar-refractivity contribution in [1.29, 1.82) is 0 Å². The topological polar surface area (TPSA) is 65.8 Å². The number of nitrogens with zero attached hydrogens (tertiary/aromatic N) is 5. The Morgan fingerprint density at radius 3 is 2.71 bits per heavy atom. The Hall–Kier alpha value is -3.14. The molecule has 1 fully saturated rings. The van der Waals surface area contributed by atoms with Gasteiger partial charge in [0, 0.05) is 50.9 Å². The minimum Gasteiger partial charge on any atom is -0.333 e. The largest absolute Gasteiger partial charge is 0.416 e. The number of carbonyl (C=O) groups excluding carboxylic acids is 1. The van der Waals surface area contributed by atoms with Crippen molar-refractivity contribution in [3.05, 3.63) is 64.5 Å². The molecule has 4 heterocycles. The van der Waals surface area contributed by atoms with Crippen LogP contribution in [0.3, 0.4) is 0 Å². The minimum absolute atomic E-state index is 0.232. The zero-order chi connectivity index (χ0) is 24.0. The summed E-state index contributed by atoms with van der Waals surface area (Å²) in [6.07, 6.45) is -0.0246. The van der Waals surface area contributed by atoms with Gasteiger partial charge < -0.3 is 15.1 Å². The number of urea groups is 1. The first-order valence-electron chi connectivity index (χ1n) is 11.4. The number of benzene rings is 1. The number of alkyl halides is 3. The summed E-state index contributed by atoms with van der Waals surface area (Å²) >= 11 is 0. The number of halogens is 3. The Morgan fingerprint density at radius 1 is 1.18 bits per heavy atom. The maximum absolute atomic E-state index is 13.7. The molecule has 2 amide bonds. The number of rotatable bonds is 3. The number of likely N-dealkylation sites (tertiary alicyclic amines) is 1. The molecular weight excluding hydrogens is 445 g/mol. The first-order valence-corrected chi connectivity index (χ1v) is 11.4. The molecule has 0 bridgehead atoms. The van der Waals surface area contributed by atoms with Gasteiger partial charge >= 0.3 is 12.2 Å². The monoisotopic (exact) mass is 472 g/mol. The number of aliphatic imine (C=N–C) groups is 1. The fraction of sp³-hybridized carbons (Fsp3) is 0.458. The average molecular weight is 473 g/mol. The van der Waals surface area contributed by atoms with Crippen LogP contribution in [0.4, 0.5) is 18.0 Å². The third kappa shape index (κ3) is 4.22. The van der Waals surface area contributed by atoms with Crippen LogP contribution in [0.1, 0.15) is 29.0 Å². The molecule has 0 radical (unpaired) electrons. The number of aromatic nitrogens is 2. The maximum Gasteiger partial charge on any atom is 0.416 e. The fourth-order valence-electron chi connectivity index (χ4n) is 5.26. The summed E-state index contributed by atoms with van der Waals surface area (Å²) < 4.78 is 42.7. The Labute approximate surface area is 195 Å². The van der Waals surface area contributed by atoms with Crippen molar-refractivity contribution in [3.8, 4) is 0 Å². The van der Waals surface area contributed by atoms with E-state index in [2.05, 4.69) is 15.4 Å². The SMILES string of the molecule is CN1CC(NC(=O)N2CCC3=C(C2)C(c2cnn(C)c2)=NC3)C(c2ccccc2C(F)(F)F)C1. The van der Waals surface area contributed by atoms with E-state index in [9.17, 15) is 18.0 Å². The number of hydrogen-bond acceptors (Lipinski definition) is 4. The average Bonchev–Trinajstić information content (AvgIpc) is 3.50. The third-order valence-corrected chi connectivity index (χ3v) is 6.92. The fourth-order valence-corrected chi connectivity index (χ4v) is 5.26. The van der Waals surface area contributed by atoms with Gasteiger partial charge in [0.05, 0.1) is 30.1 Å². The van der Waals surface area contributed by atoms with E-state index >= 15 is 0 Å². The number of likely N-dealkylation sites (N-methyl/N-ethyl adjacent to an activating group) is 1. The van der Waals surface area contributed by atoms with Crippen LogP contribution in [0, 0.1) is 0 Å². The molecule has 7 nitrogen and oxygen atoms in total. The molecule has 0 saturated carbocycles. The molecule has 3 aliphatic rings. The third-order valence-electron chi connectivity index (χ3n) is 6.92. The van der Waals surface area contributed by atoms with Gasteiger partial charge in [-0.3, -0.25) is 9.67 Å². The summed E-state index contributed by atoms with van der Waals surface area (Å²) in [7, 11) is 3.71. The highest BCUT2D eigenvalue weighted by atomic mass is 19.4. The summed E-state index contributed by atoms with van der Waals surface area (Å²) in [5, 5.41) is 7.27. The smallest absolute Gasteiger partial charge is 0.333 e. The molecule has 34 heavy (non-hydrogen) atoms. The van der Waals surface area contributed by atoms with Crippen molar-refractivity contribution >= 4 is 11.7 Å². The van der Waals surface area contributed by atoms with Crippen LogP contribution in [-0.2, 0) is 13.2 Å². The summed E-state index contributed by atoms with van der Waals surface area (Å²) in [5.74, 6) is -0.440. The van der Waals surface area contributed by atoms with E-state index in [0.29, 0.717) is 32.7 Å². The molecule has 1 aromatic carbocycles. The van der Waals surface area contributed by atoms with Crippen LogP contribution in [0.2, 0.25) is 0 Å². The van der Waals surface area contributed by atoms with E-state index in [0.717, 1.165) is 29.3 Å². The van der Waals surface area contributed by atoms with Crippen molar-refractivity contribution in [3.63, 3.8) is 0 Å². The Morgan fingerprint density at radius 2 is 1.97 bits per heavy atom. The van der Waals surface area contributed by atoms with Gasteiger partial charge in [0.1, 0.15) is 0 Å². The molecule has 2 unspecified atom stereocenters. The maximum atomic E-state index is 13.7. The van der Waals surface area contributed by atoms with E-state index in [-0.39, 0.29) is 11.6 Å². The minimum atomic E-state index is -4.44. The summed E-state index contributed by atoms with van der Waals surface area (Å²) in [5.41, 5.74) is 3.69. The number of hydrogen-bond donors (Lipinski definition) is 1. The summed E-state index contributed by atoms with van der Waals surface area (Å²) in [6.45, 7) is 2.57. The summed E-state index contributed by atoms with van der Waals surface area (Å²) in [4.78, 5) is 21.6. The molecule has 5 rings (SSSR count). The molecule has 10 heteroatoms. The second-order valence-corrected chi connectivity index (χ2v) is 9.29. The van der Waals surface area contributed by atoms with Crippen LogP contribution in [0.25, 0.3) is 0 Å². The first-order chi connectivity index (χ1) is 16.2. The molecule has 3 aliphatic heterocycles. The zero-order valence-corrected chi connectivity index (χ0v) is 19.1. The van der Waals surface area contributed by atoms with E-state index in [4.69, 9.17) is 0 Å². The van der Waals surface area contributed by atoms with Crippen molar-refractivity contribution in [2.24, 2.45) is 12.0 Å². The quantitative estimate of drug-likeness (QED) is 0.747. The highest BCUT2D eigenvalue weighted by Crippen LogP contribution is 2.38. The number of nitrogens with one attached hydrogen (secondary N) is 1. The zero-order valence-electron chi connectivity index (χ0n) is 19.1. The van der Waals surface area contributed by atoms with Crippen LogP contribution >= 0.6 is 0 Å². The molecular formula is C24H27F3N6O. The van der Waals surface area contributed by atoms with Gasteiger partial charge in [-0.25, -0.2) is 4.79 Å². The predicted octanol–water partition coefficient (Wildman–Crippen LogP) is 3.05. The molecule has 2 aromatic rings. The number of amides is 2. The van der Waals surface area contributed by atoms with Crippen LogP contribution in [0.5, 0.6) is 0 Å². The lowest BCUT2D eigenvalue weighted by Gasteiger charge is -2.31. The normalized spacial score (nSPS) is 23.3. The molecule has 1 aromatic heterocycles. The first kappa shape index (κ1) is 22.6. The number of carbonyl (C=O) groups is 1. The van der Waals surface area contributed by atoms with Crippen LogP contribution < -0.4 is 5.32 Å². The van der Waals surface area contributed by atoms with Gasteiger partial charge in [0.15, 0.2) is 0 Å². The standard InChI is InChI=1S/C24H27F3N6O/c1-31-12-19(17-5-3-4-6-20(17)24(25,26)27)21(14-31)30-23(34)33-8-7-15-9-28-22(18(15)13-33)16-10-29-32(2)11-16/h3-6,10-11,19,21H,7-9,12-14H2,1-2H3,(H,30,34). The molecule has 2 atom stereocenters. The molecule has 1 saturated heterocycles. The van der Waals surface area contributed by atoms with Crippen LogP contribution in [-0.4, -0.2) is 77.1 Å². The summed E-state index contributed by atoms with van der Waals surface area (Å²) in [6, 6.07) is 5.01. The van der Waals surface area contributed by atoms with Crippen molar-refractivity contribution < 1.29 is 18.0 Å². The molecule has 0 spiro atoms. The van der Waals surface area contributed by atoms with E-state index in [1.165, 1.54) is 17.7 Å². The van der Waals surface area contributed by atoms with Gasteiger partial charge in [-0.05, 0) is 36.2 Å². The molecule has 180 valence electrons. The highest BCUT2D eigenvalue weighted by Gasteiger charge is 2.41. The van der Waals surface area contributed by atoms with Gasteiger partial charge in [0.2, 0.25) is 0 Å². The van der Waals surface area contributed by atoms with Crippen LogP contribution in [0.15, 0.2) is 52.8 Å². The van der Waals surface area contributed by atoms with E-state index in [1.807, 2.05) is 25.2 Å². The van der Waals surface area contributed by atoms with E-state index in [1.54, 1.807) is 21.8 Å². The van der Waals surface area contributed by atoms with Gasteiger partial charge in [-0.1, -0.05) is 18.2 Å². The number of aryl methyl sites for hydroxylation is 1. The Kier molecular flexibility index (Phi) is 5.71. The Balaban J connectivity index is 1.32. The van der Waals surface area contributed by atoms with Gasteiger partial charge in [-0.2, -0.15) is 18.3 Å². The van der Waals surface area contributed by atoms with Gasteiger partial charge in [0.25, 0.3) is 0 Å². The highest BCUT2D eigenvalue weighted by molar-refractivity contribution is 6.14. The Bertz CT molecular complexity index is 1170. The lowest BCUT2D eigenvalue weighted by molar-refractivity contribution is -0.138. The van der Waals surface area contributed by atoms with E-state index < -0.39 is 23.7 Å². The molecule has 1 N–H and O–H groups in total.